The summed E-state index contributed by atoms with van der Waals surface area (Å²) in [6.45, 7) is 4.41. The lowest BCUT2D eigenvalue weighted by Crippen LogP contribution is -2.37. The van der Waals surface area contributed by atoms with Crippen molar-refractivity contribution in [1.29, 1.82) is 0 Å². The number of nitrogens with one attached hydrogen (secondary N) is 1. The Bertz CT molecular complexity index is 510. The number of urea groups is 1. The monoisotopic (exact) mass is 305 g/mol. The van der Waals surface area contributed by atoms with Crippen LogP contribution in [0.3, 0.4) is 0 Å². The van der Waals surface area contributed by atoms with Gasteiger partial charge in [-0.2, -0.15) is 0 Å². The first kappa shape index (κ1) is 16.3. The maximum atomic E-state index is 12.5. The average molecular weight is 305 g/mol. The van der Waals surface area contributed by atoms with Gasteiger partial charge in [0.05, 0.1) is 6.10 Å². The predicted molar refractivity (Wildman–Crippen MR) is 83.4 cm³/mol. The number of primary amides is 1. The standard InChI is InChI=1S/C16H23N3O3/c1-2-19(11-14-4-3-9-22-14)15(20)13-7-5-12(6-8-13)10-18-16(17)21/h5-8,14H,2-4,9-11H2,1H3,(H3,17,18,21). The number of carbonyl (C=O) groups excluding carboxylic acids is 2. The second-order valence-corrected chi connectivity index (χ2v) is 5.39. The van der Waals surface area contributed by atoms with Crippen LogP contribution in [0.25, 0.3) is 0 Å². The van der Waals surface area contributed by atoms with Crippen LogP contribution in [-0.4, -0.2) is 42.6 Å². The van der Waals surface area contributed by atoms with Crippen molar-refractivity contribution in [2.45, 2.75) is 32.4 Å². The molecule has 1 aliphatic heterocycles. The fourth-order valence-electron chi connectivity index (χ4n) is 2.53. The second-order valence-electron chi connectivity index (χ2n) is 5.39. The molecule has 6 heteroatoms. The third kappa shape index (κ3) is 4.46. The van der Waals surface area contributed by atoms with Crippen LogP contribution in [0.4, 0.5) is 4.79 Å². The van der Waals surface area contributed by atoms with Crippen LogP contribution in [-0.2, 0) is 11.3 Å². The van der Waals surface area contributed by atoms with E-state index >= 15 is 0 Å². The number of amides is 3. The highest BCUT2D eigenvalue weighted by atomic mass is 16.5. The van der Waals surface area contributed by atoms with Gasteiger partial charge in [0.15, 0.2) is 0 Å². The molecule has 2 rings (SSSR count). The molecule has 1 heterocycles. The summed E-state index contributed by atoms with van der Waals surface area (Å²) in [6.07, 6.45) is 2.24. The van der Waals surface area contributed by atoms with Gasteiger partial charge in [-0.15, -0.1) is 0 Å². The highest BCUT2D eigenvalue weighted by Crippen LogP contribution is 2.15. The molecule has 0 radical (unpaired) electrons. The molecule has 1 fully saturated rings. The van der Waals surface area contributed by atoms with Gasteiger partial charge in [0.2, 0.25) is 0 Å². The zero-order valence-corrected chi connectivity index (χ0v) is 12.9. The fourth-order valence-corrected chi connectivity index (χ4v) is 2.53. The van der Waals surface area contributed by atoms with Gasteiger partial charge in [-0.25, -0.2) is 4.79 Å². The van der Waals surface area contributed by atoms with Gasteiger partial charge >= 0.3 is 6.03 Å². The van der Waals surface area contributed by atoms with Gasteiger partial charge in [-0.3, -0.25) is 4.79 Å². The van der Waals surface area contributed by atoms with Crippen molar-refractivity contribution in [3.05, 3.63) is 35.4 Å². The molecule has 0 aliphatic carbocycles. The molecule has 1 aromatic rings. The number of nitrogens with two attached hydrogens (primary N) is 1. The van der Waals surface area contributed by atoms with E-state index in [1.165, 1.54) is 0 Å². The van der Waals surface area contributed by atoms with E-state index in [4.69, 9.17) is 10.5 Å². The molecule has 120 valence electrons. The normalized spacial score (nSPS) is 17.2. The number of hydrogen-bond donors (Lipinski definition) is 2. The quantitative estimate of drug-likeness (QED) is 0.835. The summed E-state index contributed by atoms with van der Waals surface area (Å²) in [5.41, 5.74) is 6.57. The molecule has 0 saturated carbocycles. The number of carbonyl (C=O) groups is 2. The Morgan fingerprint density at radius 2 is 2.09 bits per heavy atom. The molecule has 6 nitrogen and oxygen atoms in total. The molecule has 1 aliphatic rings. The topological polar surface area (TPSA) is 84.7 Å². The zero-order chi connectivity index (χ0) is 15.9. The van der Waals surface area contributed by atoms with Gasteiger partial charge in [0.1, 0.15) is 0 Å². The molecular weight excluding hydrogens is 282 g/mol. The molecule has 3 N–H and O–H groups in total. The Hall–Kier alpha value is -2.08. The zero-order valence-electron chi connectivity index (χ0n) is 12.9. The van der Waals surface area contributed by atoms with Crippen LogP contribution in [0.5, 0.6) is 0 Å². The molecule has 1 unspecified atom stereocenters. The van der Waals surface area contributed by atoms with Crippen LogP contribution < -0.4 is 11.1 Å². The smallest absolute Gasteiger partial charge is 0.312 e. The highest BCUT2D eigenvalue weighted by molar-refractivity contribution is 5.94. The molecule has 3 amide bonds. The Balaban J connectivity index is 1.96. The minimum Gasteiger partial charge on any atom is -0.376 e. The van der Waals surface area contributed by atoms with Crippen molar-refractivity contribution in [1.82, 2.24) is 10.2 Å². The minimum atomic E-state index is -0.561. The number of benzene rings is 1. The highest BCUT2D eigenvalue weighted by Gasteiger charge is 2.22. The summed E-state index contributed by atoms with van der Waals surface area (Å²) < 4.78 is 5.60. The van der Waals surface area contributed by atoms with Crippen molar-refractivity contribution < 1.29 is 14.3 Å². The van der Waals surface area contributed by atoms with Crippen LogP contribution >= 0.6 is 0 Å². The summed E-state index contributed by atoms with van der Waals surface area (Å²) in [5.74, 6) is 0.00686. The molecule has 0 spiro atoms. The lowest BCUT2D eigenvalue weighted by Gasteiger charge is -2.24. The maximum Gasteiger partial charge on any atom is 0.312 e. The van der Waals surface area contributed by atoms with E-state index in [1.54, 1.807) is 12.1 Å². The van der Waals surface area contributed by atoms with Gasteiger partial charge in [0.25, 0.3) is 5.91 Å². The molecule has 1 atom stereocenters. The van der Waals surface area contributed by atoms with E-state index in [0.29, 0.717) is 25.2 Å². The Kier molecular flexibility index (Phi) is 5.77. The van der Waals surface area contributed by atoms with E-state index in [2.05, 4.69) is 5.32 Å². The van der Waals surface area contributed by atoms with Crippen LogP contribution in [0, 0.1) is 0 Å². The first-order valence-electron chi connectivity index (χ1n) is 7.63. The summed E-state index contributed by atoms with van der Waals surface area (Å²) in [5, 5.41) is 2.52. The van der Waals surface area contributed by atoms with Gasteiger partial charge in [-0.05, 0) is 37.5 Å². The number of likely N-dealkylation sites (N-methyl/N-ethyl adjacent to an activating group) is 1. The lowest BCUT2D eigenvalue weighted by atomic mass is 10.1. The summed E-state index contributed by atoms with van der Waals surface area (Å²) >= 11 is 0. The number of hydrogen-bond acceptors (Lipinski definition) is 3. The summed E-state index contributed by atoms with van der Waals surface area (Å²) in [7, 11) is 0. The van der Waals surface area contributed by atoms with Crippen LogP contribution in [0.2, 0.25) is 0 Å². The second kappa shape index (κ2) is 7.79. The summed E-state index contributed by atoms with van der Waals surface area (Å²) in [6, 6.07) is 6.64. The van der Waals surface area contributed by atoms with Crippen molar-refractivity contribution in [3.8, 4) is 0 Å². The molecule has 1 aromatic carbocycles. The Morgan fingerprint density at radius 3 is 2.64 bits per heavy atom. The van der Waals surface area contributed by atoms with Crippen molar-refractivity contribution in [2.24, 2.45) is 5.73 Å². The lowest BCUT2D eigenvalue weighted by molar-refractivity contribution is 0.0539. The Morgan fingerprint density at radius 1 is 1.36 bits per heavy atom. The Labute approximate surface area is 130 Å². The maximum absolute atomic E-state index is 12.5. The minimum absolute atomic E-state index is 0.00686. The van der Waals surface area contributed by atoms with Crippen molar-refractivity contribution >= 4 is 11.9 Å². The third-order valence-corrected chi connectivity index (χ3v) is 3.78. The number of rotatable bonds is 6. The first-order chi connectivity index (χ1) is 10.6. The van der Waals surface area contributed by atoms with E-state index < -0.39 is 6.03 Å². The number of nitrogens with zero attached hydrogens (tertiary/aromatic N) is 1. The molecule has 0 bridgehead atoms. The van der Waals surface area contributed by atoms with Gasteiger partial charge in [0, 0.05) is 31.8 Å². The fraction of sp³-hybridized carbons (Fsp3) is 0.500. The van der Waals surface area contributed by atoms with E-state index in [1.807, 2.05) is 24.0 Å². The van der Waals surface area contributed by atoms with Crippen molar-refractivity contribution in [3.63, 3.8) is 0 Å². The molecular formula is C16H23N3O3. The van der Waals surface area contributed by atoms with Gasteiger partial charge in [-0.1, -0.05) is 12.1 Å². The average Bonchev–Trinajstić information content (AvgIpc) is 3.03. The predicted octanol–water partition coefficient (Wildman–Crippen LogP) is 1.50. The van der Waals surface area contributed by atoms with Crippen LogP contribution in [0.15, 0.2) is 24.3 Å². The third-order valence-electron chi connectivity index (χ3n) is 3.78. The van der Waals surface area contributed by atoms with E-state index in [9.17, 15) is 9.59 Å². The first-order valence-corrected chi connectivity index (χ1v) is 7.63. The van der Waals surface area contributed by atoms with E-state index in [0.717, 1.165) is 25.0 Å². The van der Waals surface area contributed by atoms with Crippen molar-refractivity contribution in [2.75, 3.05) is 19.7 Å². The van der Waals surface area contributed by atoms with Crippen LogP contribution in [0.1, 0.15) is 35.7 Å². The number of ether oxygens (including phenoxy) is 1. The summed E-state index contributed by atoms with van der Waals surface area (Å²) in [4.78, 5) is 25.0. The van der Waals surface area contributed by atoms with E-state index in [-0.39, 0.29) is 12.0 Å². The molecule has 1 saturated heterocycles. The molecule has 0 aromatic heterocycles. The molecule has 22 heavy (non-hydrogen) atoms. The largest absolute Gasteiger partial charge is 0.376 e. The van der Waals surface area contributed by atoms with Gasteiger partial charge < -0.3 is 20.7 Å². The SMILES string of the molecule is CCN(CC1CCCO1)C(=O)c1ccc(CNC(N)=O)cc1.